The lowest BCUT2D eigenvalue weighted by Crippen LogP contribution is -2.35. The Morgan fingerprint density at radius 2 is 1.96 bits per heavy atom. The number of hydrogen-bond acceptors (Lipinski definition) is 5. The molecule has 1 aromatic heterocycles. The molecule has 132 valence electrons. The Morgan fingerprint density at radius 3 is 2.77 bits per heavy atom. The maximum absolute atomic E-state index is 12.3. The number of rotatable bonds is 2. The van der Waals surface area contributed by atoms with Crippen LogP contribution in [0.4, 0.5) is 5.69 Å². The van der Waals surface area contributed by atoms with Crippen molar-refractivity contribution in [1.82, 2.24) is 4.98 Å². The minimum atomic E-state index is -0.870. The van der Waals surface area contributed by atoms with Gasteiger partial charge in [-0.05, 0) is 37.1 Å². The quantitative estimate of drug-likeness (QED) is 0.684. The number of nitrogens with one attached hydrogen (secondary N) is 1. The highest BCUT2D eigenvalue weighted by Gasteiger charge is 2.27. The summed E-state index contributed by atoms with van der Waals surface area (Å²) in [6.45, 7) is 3.99. The van der Waals surface area contributed by atoms with Gasteiger partial charge in [-0.1, -0.05) is 24.3 Å². The number of carbonyl (C=O) groups excluding carboxylic acids is 1. The summed E-state index contributed by atoms with van der Waals surface area (Å²) < 4.78 is 11.1. The number of H-pyrrole nitrogens is 1. The molecule has 0 aliphatic carbocycles. The zero-order chi connectivity index (χ0) is 18.3. The smallest absolute Gasteiger partial charge is 0.308 e. The van der Waals surface area contributed by atoms with E-state index in [2.05, 4.69) is 15.2 Å². The van der Waals surface area contributed by atoms with Crippen LogP contribution in [-0.2, 0) is 4.79 Å². The summed E-state index contributed by atoms with van der Waals surface area (Å²) in [5, 5.41) is 18.5. The minimum absolute atomic E-state index is 0.0625. The molecule has 1 aliphatic heterocycles. The molecule has 0 fully saturated rings. The van der Waals surface area contributed by atoms with Crippen molar-refractivity contribution in [2.24, 2.45) is 10.2 Å². The first-order valence-corrected chi connectivity index (χ1v) is 8.19. The van der Waals surface area contributed by atoms with Gasteiger partial charge < -0.3 is 19.6 Å². The van der Waals surface area contributed by atoms with Gasteiger partial charge in [0, 0.05) is 5.39 Å². The van der Waals surface area contributed by atoms with Crippen LogP contribution in [0.25, 0.3) is 10.9 Å². The highest BCUT2D eigenvalue weighted by atomic mass is 16.6. The number of aryl methyl sites for hydroxylation is 2. The van der Waals surface area contributed by atoms with Crippen molar-refractivity contribution >= 4 is 22.5 Å². The molecule has 0 saturated heterocycles. The second-order valence-corrected chi connectivity index (χ2v) is 6.15. The molecule has 2 aromatic carbocycles. The summed E-state index contributed by atoms with van der Waals surface area (Å²) in [6.07, 6.45) is -0.870. The van der Waals surface area contributed by atoms with Gasteiger partial charge in [0.2, 0.25) is 12.0 Å². The van der Waals surface area contributed by atoms with Crippen molar-refractivity contribution < 1.29 is 19.4 Å². The molecule has 2 N–H and O–H groups in total. The van der Waals surface area contributed by atoms with Crippen LogP contribution in [0.2, 0.25) is 0 Å². The lowest BCUT2D eigenvalue weighted by atomic mass is 10.1. The van der Waals surface area contributed by atoms with Crippen molar-refractivity contribution in [3.8, 4) is 17.4 Å². The highest BCUT2D eigenvalue weighted by molar-refractivity contribution is 5.96. The van der Waals surface area contributed by atoms with Crippen LogP contribution in [0.3, 0.4) is 0 Å². The maximum Gasteiger partial charge on any atom is 0.308 e. The molecule has 0 bridgehead atoms. The van der Waals surface area contributed by atoms with Crippen LogP contribution in [0.1, 0.15) is 11.1 Å². The van der Waals surface area contributed by atoms with Crippen LogP contribution in [-0.4, -0.2) is 28.7 Å². The fourth-order valence-corrected chi connectivity index (χ4v) is 2.89. The largest absolute Gasteiger partial charge is 0.493 e. The molecule has 4 rings (SSSR count). The van der Waals surface area contributed by atoms with Crippen molar-refractivity contribution in [1.29, 1.82) is 0 Å². The van der Waals surface area contributed by atoms with Gasteiger partial charge in [-0.15, -0.1) is 10.2 Å². The molecule has 0 radical (unpaired) electrons. The molecule has 1 aliphatic rings. The number of fused-ring (bicyclic) bond motifs is 2. The van der Waals surface area contributed by atoms with Gasteiger partial charge in [-0.2, -0.15) is 0 Å². The topological polar surface area (TPSA) is 96.3 Å². The Kier molecular flexibility index (Phi) is 3.84. The van der Waals surface area contributed by atoms with E-state index in [0.717, 1.165) is 16.6 Å². The Morgan fingerprint density at radius 1 is 1.19 bits per heavy atom. The summed E-state index contributed by atoms with van der Waals surface area (Å²) in [6, 6.07) is 10.9. The van der Waals surface area contributed by atoms with E-state index < -0.39 is 12.0 Å². The van der Waals surface area contributed by atoms with Crippen LogP contribution >= 0.6 is 0 Å². The van der Waals surface area contributed by atoms with Gasteiger partial charge in [0.25, 0.3) is 0 Å². The molecule has 1 amide bonds. The number of nitrogens with zero attached hydrogens (tertiary/aromatic N) is 2. The molecule has 1 atom stereocenters. The molecule has 3 aromatic rings. The molecular formula is C19H17N3O4. The van der Waals surface area contributed by atoms with Crippen LogP contribution < -0.4 is 9.47 Å². The first-order valence-electron chi connectivity index (χ1n) is 8.19. The number of aromatic nitrogens is 1. The van der Waals surface area contributed by atoms with E-state index in [1.807, 2.05) is 32.0 Å². The number of azo groups is 1. The number of carbonyl (C=O) groups is 1. The second kappa shape index (κ2) is 6.18. The third-order valence-corrected chi connectivity index (χ3v) is 4.49. The third-order valence-electron chi connectivity index (χ3n) is 4.49. The van der Waals surface area contributed by atoms with Gasteiger partial charge in [0.05, 0.1) is 5.52 Å². The first-order chi connectivity index (χ1) is 12.5. The van der Waals surface area contributed by atoms with Crippen LogP contribution in [0.15, 0.2) is 46.6 Å². The Hall–Kier alpha value is -3.35. The number of benzene rings is 2. The lowest BCUT2D eigenvalue weighted by molar-refractivity contribution is -0.127. The van der Waals surface area contributed by atoms with Crippen molar-refractivity contribution in [2.75, 3.05) is 6.61 Å². The van der Waals surface area contributed by atoms with E-state index in [9.17, 15) is 9.90 Å². The van der Waals surface area contributed by atoms with E-state index in [0.29, 0.717) is 16.9 Å². The summed E-state index contributed by atoms with van der Waals surface area (Å²) in [4.78, 5) is 15.2. The van der Waals surface area contributed by atoms with Crippen LogP contribution in [0.5, 0.6) is 17.4 Å². The van der Waals surface area contributed by atoms with E-state index >= 15 is 0 Å². The zero-order valence-corrected chi connectivity index (χ0v) is 14.3. The summed E-state index contributed by atoms with van der Waals surface area (Å²) in [7, 11) is 0. The second-order valence-electron chi connectivity index (χ2n) is 6.15. The Bertz CT molecular complexity index is 1040. The Balaban J connectivity index is 1.59. The van der Waals surface area contributed by atoms with Gasteiger partial charge in [0.1, 0.15) is 6.61 Å². The molecule has 26 heavy (non-hydrogen) atoms. The molecule has 7 heteroatoms. The molecule has 0 spiro atoms. The Labute approximate surface area is 149 Å². The predicted octanol–water partition coefficient (Wildman–Crippen LogP) is 3.94. The minimum Gasteiger partial charge on any atom is -0.493 e. The normalized spacial score (nSPS) is 16.3. The standard InChI is InChI=1S/C19H17N3O4/c1-10-7-8-12-16(11(10)2)20-19(24)17(12)21-22-18(23)15-9-25-13-5-3-4-6-14(13)26-15/h3-8,15,20,24H,9H2,1-2H3. The zero-order valence-electron chi connectivity index (χ0n) is 14.3. The average molecular weight is 351 g/mol. The fraction of sp³-hybridized carbons (Fsp3) is 0.211. The molecule has 0 saturated carbocycles. The van der Waals surface area contributed by atoms with Gasteiger partial charge in [0.15, 0.2) is 17.2 Å². The number of para-hydroxylation sites is 2. The highest BCUT2D eigenvalue weighted by Crippen LogP contribution is 2.38. The van der Waals surface area contributed by atoms with Gasteiger partial charge >= 0.3 is 5.91 Å². The van der Waals surface area contributed by atoms with Crippen molar-refractivity contribution in [2.45, 2.75) is 20.0 Å². The number of hydrogen-bond donors (Lipinski definition) is 2. The maximum atomic E-state index is 12.3. The predicted molar refractivity (Wildman–Crippen MR) is 95.3 cm³/mol. The number of aromatic hydroxyl groups is 1. The molecule has 2 heterocycles. The monoisotopic (exact) mass is 351 g/mol. The van der Waals surface area contributed by atoms with E-state index in [4.69, 9.17) is 9.47 Å². The van der Waals surface area contributed by atoms with E-state index in [1.54, 1.807) is 18.2 Å². The summed E-state index contributed by atoms with van der Waals surface area (Å²) in [5.74, 6) is 0.385. The van der Waals surface area contributed by atoms with E-state index in [-0.39, 0.29) is 18.2 Å². The SMILES string of the molecule is Cc1ccc2c(N=NC(=O)C3COc4ccccc4O3)c(O)[nH]c2c1C. The van der Waals surface area contributed by atoms with Crippen LogP contribution in [0, 0.1) is 13.8 Å². The number of amides is 1. The van der Waals surface area contributed by atoms with E-state index in [1.165, 1.54) is 0 Å². The number of ether oxygens (including phenoxy) is 2. The first kappa shape index (κ1) is 16.1. The average Bonchev–Trinajstić information content (AvgIpc) is 2.98. The fourth-order valence-electron chi connectivity index (χ4n) is 2.89. The van der Waals surface area contributed by atoms with Crippen molar-refractivity contribution in [3.63, 3.8) is 0 Å². The lowest BCUT2D eigenvalue weighted by Gasteiger charge is -2.23. The van der Waals surface area contributed by atoms with Gasteiger partial charge in [-0.3, -0.25) is 4.79 Å². The third kappa shape index (κ3) is 2.67. The summed E-state index contributed by atoms with van der Waals surface area (Å²) in [5.41, 5.74) is 3.10. The molecule has 1 unspecified atom stereocenters. The summed E-state index contributed by atoms with van der Waals surface area (Å²) >= 11 is 0. The molecule has 7 nitrogen and oxygen atoms in total. The van der Waals surface area contributed by atoms with Gasteiger partial charge in [-0.25, -0.2) is 0 Å². The van der Waals surface area contributed by atoms with Crippen molar-refractivity contribution in [3.05, 3.63) is 47.5 Å². The molecular weight excluding hydrogens is 334 g/mol. The number of aromatic amines is 1.